The van der Waals surface area contributed by atoms with Crippen molar-refractivity contribution in [2.75, 3.05) is 12.4 Å². The Hall–Kier alpha value is -1.47. The molecule has 0 saturated heterocycles. The second-order valence-electron chi connectivity index (χ2n) is 3.85. The minimum absolute atomic E-state index is 0.243. The van der Waals surface area contributed by atoms with Crippen molar-refractivity contribution in [3.63, 3.8) is 0 Å². The van der Waals surface area contributed by atoms with E-state index in [9.17, 15) is 4.39 Å². The number of aromatic nitrogens is 2. The average Bonchev–Trinajstić information content (AvgIpc) is 2.72. The molecule has 0 bridgehead atoms. The molecule has 19 heavy (non-hydrogen) atoms. The Morgan fingerprint density at radius 2 is 2.11 bits per heavy atom. The normalized spacial score (nSPS) is 10.3. The van der Waals surface area contributed by atoms with Crippen LogP contribution in [0.5, 0.6) is 0 Å². The van der Waals surface area contributed by atoms with Gasteiger partial charge < -0.3 is 10.6 Å². The van der Waals surface area contributed by atoms with Gasteiger partial charge in [-0.15, -0.1) is 0 Å². The van der Waals surface area contributed by atoms with Gasteiger partial charge in [0.15, 0.2) is 10.9 Å². The highest BCUT2D eigenvalue weighted by Crippen LogP contribution is 2.20. The number of thiocarbonyl (C=S) groups is 1. The highest BCUT2D eigenvalue weighted by molar-refractivity contribution is 9.10. The van der Waals surface area contributed by atoms with Gasteiger partial charge in [0, 0.05) is 13.2 Å². The van der Waals surface area contributed by atoms with Gasteiger partial charge >= 0.3 is 0 Å². The third kappa shape index (κ3) is 3.74. The fourth-order valence-electron chi connectivity index (χ4n) is 1.51. The van der Waals surface area contributed by atoms with Crippen LogP contribution >= 0.6 is 28.1 Å². The fraction of sp³-hybridized carbons (Fsp3) is 0.167. The van der Waals surface area contributed by atoms with Crippen LogP contribution in [-0.2, 0) is 6.54 Å². The van der Waals surface area contributed by atoms with Crippen LogP contribution < -0.4 is 10.6 Å². The van der Waals surface area contributed by atoms with Crippen LogP contribution in [0, 0.1) is 5.82 Å². The molecule has 1 aromatic heterocycles. The van der Waals surface area contributed by atoms with Gasteiger partial charge in [-0.05, 0) is 45.8 Å². The molecule has 2 rings (SSSR count). The van der Waals surface area contributed by atoms with Crippen LogP contribution in [0.15, 0.2) is 34.9 Å². The molecule has 7 heteroatoms. The molecule has 0 aliphatic carbocycles. The molecule has 0 atom stereocenters. The highest BCUT2D eigenvalue weighted by atomic mass is 79.9. The lowest BCUT2D eigenvalue weighted by Crippen LogP contribution is -2.24. The zero-order valence-corrected chi connectivity index (χ0v) is 12.6. The smallest absolute Gasteiger partial charge is 0.171 e. The largest absolute Gasteiger partial charge is 0.365 e. The molecule has 0 fully saturated rings. The molecule has 100 valence electrons. The van der Waals surface area contributed by atoms with Gasteiger partial charge in [-0.25, -0.2) is 4.39 Å². The first kappa shape index (κ1) is 14.0. The van der Waals surface area contributed by atoms with Crippen LogP contribution in [-0.4, -0.2) is 21.9 Å². The number of nitrogens with zero attached hydrogens (tertiary/aromatic N) is 2. The van der Waals surface area contributed by atoms with Gasteiger partial charge in [-0.1, -0.05) is 12.1 Å². The zero-order chi connectivity index (χ0) is 13.8. The summed E-state index contributed by atoms with van der Waals surface area (Å²) < 4.78 is 15.4. The van der Waals surface area contributed by atoms with E-state index in [0.717, 1.165) is 10.0 Å². The quantitative estimate of drug-likeness (QED) is 0.841. The molecule has 0 spiro atoms. The summed E-state index contributed by atoms with van der Waals surface area (Å²) in [5, 5.41) is 10.6. The van der Waals surface area contributed by atoms with E-state index < -0.39 is 0 Å². The minimum Gasteiger partial charge on any atom is -0.365 e. The molecule has 0 aliphatic rings. The molecule has 1 aromatic carbocycles. The molecule has 0 saturated carbocycles. The Bertz CT molecular complexity index is 582. The van der Waals surface area contributed by atoms with Crippen molar-refractivity contribution in [2.45, 2.75) is 6.54 Å². The van der Waals surface area contributed by atoms with E-state index >= 15 is 0 Å². The SMILES string of the molecule is CNC(=S)Nc1nn(Cc2ccc(F)cc2)cc1Br. The number of nitrogens with one attached hydrogen (secondary N) is 2. The summed E-state index contributed by atoms with van der Waals surface area (Å²) in [6.45, 7) is 0.562. The van der Waals surface area contributed by atoms with Crippen molar-refractivity contribution in [1.82, 2.24) is 15.1 Å². The number of benzene rings is 1. The van der Waals surface area contributed by atoms with Crippen molar-refractivity contribution in [3.8, 4) is 0 Å². The maximum atomic E-state index is 12.8. The standard InChI is InChI=1S/C12H12BrFN4S/c1-15-12(19)16-11-10(13)7-18(17-11)6-8-2-4-9(14)5-3-8/h2-5,7H,6H2,1H3,(H2,15,16,17,19). The summed E-state index contributed by atoms with van der Waals surface area (Å²) in [4.78, 5) is 0. The van der Waals surface area contributed by atoms with Crippen molar-refractivity contribution in [3.05, 3.63) is 46.3 Å². The second kappa shape index (κ2) is 6.12. The van der Waals surface area contributed by atoms with Gasteiger partial charge in [-0.2, -0.15) is 5.10 Å². The third-order valence-electron chi connectivity index (χ3n) is 2.43. The Morgan fingerprint density at radius 3 is 2.74 bits per heavy atom. The van der Waals surface area contributed by atoms with Crippen LogP contribution in [0.3, 0.4) is 0 Å². The lowest BCUT2D eigenvalue weighted by molar-refractivity contribution is 0.624. The van der Waals surface area contributed by atoms with E-state index in [2.05, 4.69) is 31.7 Å². The Balaban J connectivity index is 2.11. The summed E-state index contributed by atoms with van der Waals surface area (Å²) >= 11 is 8.42. The summed E-state index contributed by atoms with van der Waals surface area (Å²) in [6, 6.07) is 6.33. The van der Waals surface area contributed by atoms with Gasteiger partial charge in [-0.3, -0.25) is 4.68 Å². The van der Waals surface area contributed by atoms with Gasteiger partial charge in [0.05, 0.1) is 11.0 Å². The predicted molar refractivity (Wildman–Crippen MR) is 80.7 cm³/mol. The molecule has 4 nitrogen and oxygen atoms in total. The number of rotatable bonds is 3. The van der Waals surface area contributed by atoms with Crippen molar-refractivity contribution >= 4 is 39.1 Å². The highest BCUT2D eigenvalue weighted by Gasteiger charge is 2.07. The second-order valence-corrected chi connectivity index (χ2v) is 5.12. The Kier molecular flexibility index (Phi) is 4.49. The van der Waals surface area contributed by atoms with Crippen LogP contribution in [0.4, 0.5) is 10.2 Å². The lowest BCUT2D eigenvalue weighted by atomic mass is 10.2. The van der Waals surface area contributed by atoms with Gasteiger partial charge in [0.2, 0.25) is 0 Å². The number of anilines is 1. The Morgan fingerprint density at radius 1 is 1.42 bits per heavy atom. The molecular formula is C12H12BrFN4S. The topological polar surface area (TPSA) is 41.9 Å². The van der Waals surface area contributed by atoms with Crippen molar-refractivity contribution in [2.24, 2.45) is 0 Å². The van der Waals surface area contributed by atoms with E-state index in [1.165, 1.54) is 12.1 Å². The van der Waals surface area contributed by atoms with Crippen molar-refractivity contribution < 1.29 is 4.39 Å². The van der Waals surface area contributed by atoms with E-state index in [0.29, 0.717) is 17.5 Å². The first-order chi connectivity index (χ1) is 9.08. The molecule has 0 aliphatic heterocycles. The Labute approximate surface area is 124 Å². The zero-order valence-electron chi connectivity index (χ0n) is 10.2. The summed E-state index contributed by atoms with van der Waals surface area (Å²) in [5.74, 6) is 0.397. The first-order valence-corrected chi connectivity index (χ1v) is 6.74. The summed E-state index contributed by atoms with van der Waals surface area (Å²) in [7, 11) is 1.73. The van der Waals surface area contributed by atoms with Crippen LogP contribution in [0.25, 0.3) is 0 Å². The van der Waals surface area contributed by atoms with Crippen molar-refractivity contribution in [1.29, 1.82) is 0 Å². The molecule has 2 N–H and O–H groups in total. The summed E-state index contributed by atoms with van der Waals surface area (Å²) in [6.07, 6.45) is 1.84. The van der Waals surface area contributed by atoms with E-state index in [-0.39, 0.29) is 5.82 Å². The van der Waals surface area contributed by atoms with Crippen LogP contribution in [0.2, 0.25) is 0 Å². The molecule has 1 heterocycles. The lowest BCUT2D eigenvalue weighted by Gasteiger charge is -2.04. The third-order valence-corrected chi connectivity index (χ3v) is 3.32. The van der Waals surface area contributed by atoms with Crippen LogP contribution in [0.1, 0.15) is 5.56 Å². The fourth-order valence-corrected chi connectivity index (χ4v) is 2.02. The summed E-state index contributed by atoms with van der Waals surface area (Å²) in [5.41, 5.74) is 0.971. The molecule has 0 radical (unpaired) electrons. The minimum atomic E-state index is -0.243. The molecule has 0 unspecified atom stereocenters. The number of halogens is 2. The molecular weight excluding hydrogens is 331 g/mol. The maximum Gasteiger partial charge on any atom is 0.171 e. The van der Waals surface area contributed by atoms with E-state index in [4.69, 9.17) is 12.2 Å². The monoisotopic (exact) mass is 342 g/mol. The maximum absolute atomic E-state index is 12.8. The van der Waals surface area contributed by atoms with E-state index in [1.807, 2.05) is 6.20 Å². The first-order valence-electron chi connectivity index (χ1n) is 5.54. The van der Waals surface area contributed by atoms with Gasteiger partial charge in [0.25, 0.3) is 0 Å². The number of hydrogen-bond acceptors (Lipinski definition) is 2. The van der Waals surface area contributed by atoms with Gasteiger partial charge in [0.1, 0.15) is 5.82 Å². The molecule has 2 aromatic rings. The van der Waals surface area contributed by atoms with E-state index in [1.54, 1.807) is 23.9 Å². The predicted octanol–water partition coefficient (Wildman–Crippen LogP) is 2.75. The molecule has 0 amide bonds. The number of hydrogen-bond donors (Lipinski definition) is 2. The average molecular weight is 343 g/mol.